The van der Waals surface area contributed by atoms with Gasteiger partial charge >= 0.3 is 6.03 Å². The molecule has 0 radical (unpaired) electrons. The molecule has 1 aromatic heterocycles. The van der Waals surface area contributed by atoms with Gasteiger partial charge in [0.2, 0.25) is 5.91 Å². The standard InChI is InChI=1S/C17H29N5O2/c1-12-16(13(2)20-19-12)7-8-21(4)17(24)18-11-15-5-9-22(10-6-15)14(3)23/h15H,5-11H2,1-4H3,(H,18,24)(H,19,20). The molecular weight excluding hydrogens is 306 g/mol. The van der Waals surface area contributed by atoms with Crippen molar-refractivity contribution < 1.29 is 9.59 Å². The summed E-state index contributed by atoms with van der Waals surface area (Å²) in [6.45, 7) is 8.53. The number of hydrogen-bond donors (Lipinski definition) is 2. The molecule has 3 amide bonds. The van der Waals surface area contributed by atoms with Crippen LogP contribution in [0.1, 0.15) is 36.7 Å². The molecule has 1 fully saturated rings. The third kappa shape index (κ3) is 4.72. The number of rotatable bonds is 5. The molecule has 0 atom stereocenters. The van der Waals surface area contributed by atoms with Crippen molar-refractivity contribution >= 4 is 11.9 Å². The molecule has 134 valence electrons. The molecule has 7 heteroatoms. The van der Waals surface area contributed by atoms with Crippen LogP contribution >= 0.6 is 0 Å². The summed E-state index contributed by atoms with van der Waals surface area (Å²) in [7, 11) is 1.82. The smallest absolute Gasteiger partial charge is 0.317 e. The third-order valence-electron chi connectivity index (χ3n) is 4.93. The SMILES string of the molecule is CC(=O)N1CCC(CNC(=O)N(C)CCc2c(C)n[nH]c2C)CC1. The number of aromatic nitrogens is 2. The van der Waals surface area contributed by atoms with E-state index in [1.807, 2.05) is 25.8 Å². The summed E-state index contributed by atoms with van der Waals surface area (Å²) in [5, 5.41) is 10.2. The first-order valence-electron chi connectivity index (χ1n) is 8.63. The van der Waals surface area contributed by atoms with Gasteiger partial charge in [-0.1, -0.05) is 0 Å². The second kappa shape index (κ2) is 8.17. The molecule has 1 aliphatic heterocycles. The Morgan fingerprint density at radius 3 is 2.54 bits per heavy atom. The van der Waals surface area contributed by atoms with Crippen molar-refractivity contribution in [2.75, 3.05) is 33.2 Å². The van der Waals surface area contributed by atoms with E-state index in [1.165, 1.54) is 5.56 Å². The van der Waals surface area contributed by atoms with Crippen LogP contribution in [0.15, 0.2) is 0 Å². The van der Waals surface area contributed by atoms with E-state index in [-0.39, 0.29) is 11.9 Å². The number of urea groups is 1. The predicted octanol–water partition coefficient (Wildman–Crippen LogP) is 1.47. The molecular formula is C17H29N5O2. The zero-order chi connectivity index (χ0) is 17.7. The summed E-state index contributed by atoms with van der Waals surface area (Å²) in [5.74, 6) is 0.596. The van der Waals surface area contributed by atoms with Crippen molar-refractivity contribution in [3.8, 4) is 0 Å². The molecule has 2 heterocycles. The predicted molar refractivity (Wildman–Crippen MR) is 92.8 cm³/mol. The van der Waals surface area contributed by atoms with E-state index in [1.54, 1.807) is 11.8 Å². The minimum Gasteiger partial charge on any atom is -0.343 e. The quantitative estimate of drug-likeness (QED) is 0.855. The number of carbonyl (C=O) groups is 2. The van der Waals surface area contributed by atoms with Crippen molar-refractivity contribution in [3.63, 3.8) is 0 Å². The molecule has 0 unspecified atom stereocenters. The molecule has 24 heavy (non-hydrogen) atoms. The van der Waals surface area contributed by atoms with Crippen molar-refractivity contribution in [3.05, 3.63) is 17.0 Å². The number of amides is 3. The first-order valence-corrected chi connectivity index (χ1v) is 8.63. The highest BCUT2D eigenvalue weighted by molar-refractivity contribution is 5.74. The number of nitrogens with one attached hydrogen (secondary N) is 2. The number of aromatic amines is 1. The first-order chi connectivity index (χ1) is 11.4. The maximum Gasteiger partial charge on any atom is 0.317 e. The Bertz CT molecular complexity index is 556. The zero-order valence-corrected chi connectivity index (χ0v) is 15.2. The van der Waals surface area contributed by atoms with Crippen LogP contribution in [0.3, 0.4) is 0 Å². The van der Waals surface area contributed by atoms with Gasteiger partial charge in [0.15, 0.2) is 0 Å². The van der Waals surface area contributed by atoms with Crippen LogP contribution in [0.2, 0.25) is 0 Å². The van der Waals surface area contributed by atoms with E-state index >= 15 is 0 Å². The number of aryl methyl sites for hydroxylation is 2. The van der Waals surface area contributed by atoms with Crippen molar-refractivity contribution in [1.29, 1.82) is 0 Å². The van der Waals surface area contributed by atoms with Gasteiger partial charge in [-0.25, -0.2) is 4.79 Å². The minimum atomic E-state index is -0.0391. The number of H-pyrrole nitrogens is 1. The molecule has 2 rings (SSSR count). The fourth-order valence-corrected chi connectivity index (χ4v) is 3.14. The Labute approximate surface area is 143 Å². The third-order valence-corrected chi connectivity index (χ3v) is 4.93. The highest BCUT2D eigenvalue weighted by atomic mass is 16.2. The molecule has 0 bridgehead atoms. The molecule has 0 spiro atoms. The summed E-state index contributed by atoms with van der Waals surface area (Å²) in [5.41, 5.74) is 3.25. The molecule has 1 aliphatic rings. The van der Waals surface area contributed by atoms with Gasteiger partial charge in [-0.05, 0) is 44.6 Å². The molecule has 1 saturated heterocycles. The largest absolute Gasteiger partial charge is 0.343 e. The Hall–Kier alpha value is -2.05. The normalized spacial score (nSPS) is 15.4. The summed E-state index contributed by atoms with van der Waals surface area (Å²) >= 11 is 0. The molecule has 2 N–H and O–H groups in total. The van der Waals surface area contributed by atoms with Gasteiger partial charge in [0, 0.05) is 45.8 Å². The van der Waals surface area contributed by atoms with Gasteiger partial charge in [-0.3, -0.25) is 9.89 Å². The Morgan fingerprint density at radius 2 is 2.00 bits per heavy atom. The molecule has 1 aromatic rings. The fraction of sp³-hybridized carbons (Fsp3) is 0.706. The summed E-state index contributed by atoms with van der Waals surface area (Å²) in [4.78, 5) is 27.1. The van der Waals surface area contributed by atoms with Crippen LogP contribution in [-0.4, -0.2) is 65.2 Å². The topological polar surface area (TPSA) is 81.3 Å². The zero-order valence-electron chi connectivity index (χ0n) is 15.2. The fourth-order valence-electron chi connectivity index (χ4n) is 3.14. The van der Waals surface area contributed by atoms with E-state index < -0.39 is 0 Å². The number of likely N-dealkylation sites (tertiary alicyclic amines) is 1. The maximum atomic E-state index is 12.2. The summed E-state index contributed by atoms with van der Waals surface area (Å²) in [6.07, 6.45) is 2.71. The van der Waals surface area contributed by atoms with Gasteiger partial charge in [0.25, 0.3) is 0 Å². The molecule has 0 aliphatic carbocycles. The lowest BCUT2D eigenvalue weighted by Crippen LogP contribution is -2.44. The van der Waals surface area contributed by atoms with Crippen molar-refractivity contribution in [1.82, 2.24) is 25.3 Å². The highest BCUT2D eigenvalue weighted by Crippen LogP contribution is 2.16. The van der Waals surface area contributed by atoms with Gasteiger partial charge in [0.05, 0.1) is 5.69 Å². The maximum absolute atomic E-state index is 12.2. The Balaban J connectivity index is 1.70. The number of likely N-dealkylation sites (N-methyl/N-ethyl adjacent to an activating group) is 1. The van der Waals surface area contributed by atoms with E-state index in [4.69, 9.17) is 0 Å². The summed E-state index contributed by atoms with van der Waals surface area (Å²) < 4.78 is 0. The van der Waals surface area contributed by atoms with Crippen LogP contribution in [0.4, 0.5) is 4.79 Å². The van der Waals surface area contributed by atoms with E-state index in [0.29, 0.717) is 19.0 Å². The van der Waals surface area contributed by atoms with Crippen LogP contribution in [0.25, 0.3) is 0 Å². The van der Waals surface area contributed by atoms with E-state index in [0.717, 1.165) is 43.7 Å². The first kappa shape index (κ1) is 18.3. The lowest BCUT2D eigenvalue weighted by Gasteiger charge is -2.31. The number of nitrogens with zero attached hydrogens (tertiary/aromatic N) is 3. The van der Waals surface area contributed by atoms with Crippen molar-refractivity contribution in [2.45, 2.75) is 40.0 Å². The average molecular weight is 335 g/mol. The van der Waals surface area contributed by atoms with E-state index in [9.17, 15) is 9.59 Å². The van der Waals surface area contributed by atoms with Gasteiger partial charge in [-0.2, -0.15) is 5.10 Å². The minimum absolute atomic E-state index is 0.0391. The lowest BCUT2D eigenvalue weighted by molar-refractivity contribution is -0.130. The number of hydrogen-bond acceptors (Lipinski definition) is 3. The van der Waals surface area contributed by atoms with Gasteiger partial charge in [-0.15, -0.1) is 0 Å². The second-order valence-electron chi connectivity index (χ2n) is 6.72. The van der Waals surface area contributed by atoms with E-state index in [2.05, 4.69) is 15.5 Å². The molecule has 0 saturated carbocycles. The van der Waals surface area contributed by atoms with Crippen LogP contribution in [-0.2, 0) is 11.2 Å². The van der Waals surface area contributed by atoms with Crippen LogP contribution in [0, 0.1) is 19.8 Å². The monoisotopic (exact) mass is 335 g/mol. The molecule has 7 nitrogen and oxygen atoms in total. The van der Waals surface area contributed by atoms with Gasteiger partial charge in [0.1, 0.15) is 0 Å². The second-order valence-corrected chi connectivity index (χ2v) is 6.72. The Kier molecular flexibility index (Phi) is 6.23. The number of piperidine rings is 1. The summed E-state index contributed by atoms with van der Waals surface area (Å²) in [6, 6.07) is -0.0391. The van der Waals surface area contributed by atoms with Gasteiger partial charge < -0.3 is 15.1 Å². The number of carbonyl (C=O) groups excluding carboxylic acids is 2. The molecule has 0 aromatic carbocycles. The van der Waals surface area contributed by atoms with Crippen LogP contribution < -0.4 is 5.32 Å². The Morgan fingerprint density at radius 1 is 1.33 bits per heavy atom. The van der Waals surface area contributed by atoms with Crippen LogP contribution in [0.5, 0.6) is 0 Å². The average Bonchev–Trinajstić information content (AvgIpc) is 2.89. The lowest BCUT2D eigenvalue weighted by atomic mass is 9.97. The van der Waals surface area contributed by atoms with Crippen molar-refractivity contribution in [2.24, 2.45) is 5.92 Å². The highest BCUT2D eigenvalue weighted by Gasteiger charge is 2.21.